The fourth-order valence-corrected chi connectivity index (χ4v) is 1.16. The van der Waals surface area contributed by atoms with Gasteiger partial charge in [-0.3, -0.25) is 0 Å². The maximum absolute atomic E-state index is 13.0. The van der Waals surface area contributed by atoms with Gasteiger partial charge in [-0.05, 0) is 24.3 Å². The Bertz CT molecular complexity index is 297. The molecule has 0 spiro atoms. The van der Waals surface area contributed by atoms with Crippen LogP contribution in [0.5, 0.6) is 0 Å². The molecule has 3 heteroatoms. The number of rotatable bonds is 2. The van der Waals surface area contributed by atoms with Gasteiger partial charge in [-0.2, -0.15) is 0 Å². The smallest absolute Gasteiger partial charge is 0.130 e. The summed E-state index contributed by atoms with van der Waals surface area (Å²) in [5.74, 6) is -0.258. The summed E-state index contributed by atoms with van der Waals surface area (Å²) < 4.78 is 18.5. The fourth-order valence-electron chi connectivity index (χ4n) is 0.784. The zero-order chi connectivity index (χ0) is 8.97. The third-order valence-electron chi connectivity index (χ3n) is 1.34. The highest BCUT2D eigenvalue weighted by atomic mass is 79.9. The van der Waals surface area contributed by atoms with Crippen LogP contribution in [0.1, 0.15) is 5.56 Å². The molecule has 0 saturated carbocycles. The van der Waals surface area contributed by atoms with Crippen LogP contribution in [0, 0.1) is 5.82 Å². The predicted molar refractivity (Wildman–Crippen MR) is 50.1 cm³/mol. The van der Waals surface area contributed by atoms with Gasteiger partial charge in [0.15, 0.2) is 0 Å². The zero-order valence-corrected chi connectivity index (χ0v) is 8.14. The lowest BCUT2D eigenvalue weighted by atomic mass is 10.2. The molecule has 1 nitrogen and oxygen atoms in total. The SMILES string of the molecule is CO/C=C/c1cc(Br)ccc1F. The average molecular weight is 231 g/mol. The Balaban J connectivity index is 2.97. The van der Waals surface area contributed by atoms with Gasteiger partial charge in [0, 0.05) is 10.0 Å². The van der Waals surface area contributed by atoms with E-state index in [4.69, 9.17) is 0 Å². The number of methoxy groups -OCH3 is 1. The third kappa shape index (κ3) is 2.34. The molecule has 0 unspecified atom stereocenters. The van der Waals surface area contributed by atoms with E-state index < -0.39 is 0 Å². The molecule has 0 saturated heterocycles. The van der Waals surface area contributed by atoms with Crippen molar-refractivity contribution in [3.8, 4) is 0 Å². The first-order valence-electron chi connectivity index (χ1n) is 3.38. The highest BCUT2D eigenvalue weighted by Gasteiger charge is 1.97. The normalized spacial score (nSPS) is 10.6. The zero-order valence-electron chi connectivity index (χ0n) is 6.55. The molecule has 0 aliphatic rings. The average Bonchev–Trinajstić information content (AvgIpc) is 2.07. The summed E-state index contributed by atoms with van der Waals surface area (Å²) in [5, 5.41) is 0. The van der Waals surface area contributed by atoms with E-state index in [2.05, 4.69) is 20.7 Å². The van der Waals surface area contributed by atoms with Crippen LogP contribution in [0.2, 0.25) is 0 Å². The quantitative estimate of drug-likeness (QED) is 0.710. The van der Waals surface area contributed by atoms with Crippen molar-refractivity contribution < 1.29 is 9.13 Å². The van der Waals surface area contributed by atoms with E-state index in [9.17, 15) is 4.39 Å². The molecule has 1 aromatic carbocycles. The van der Waals surface area contributed by atoms with Crippen LogP contribution in [0.4, 0.5) is 4.39 Å². The van der Waals surface area contributed by atoms with Crippen LogP contribution in [0.15, 0.2) is 28.9 Å². The molecule has 0 heterocycles. The van der Waals surface area contributed by atoms with Gasteiger partial charge in [-0.1, -0.05) is 15.9 Å². The van der Waals surface area contributed by atoms with Gasteiger partial charge in [0.05, 0.1) is 13.4 Å². The maximum atomic E-state index is 13.0. The van der Waals surface area contributed by atoms with E-state index in [-0.39, 0.29) is 5.82 Å². The highest BCUT2D eigenvalue weighted by Crippen LogP contribution is 2.16. The molecule has 0 aliphatic carbocycles. The maximum Gasteiger partial charge on any atom is 0.130 e. The first kappa shape index (κ1) is 9.26. The standard InChI is InChI=1S/C9H8BrFO/c1-12-5-4-7-6-8(10)2-3-9(7)11/h2-6H,1H3/b5-4+. The van der Waals surface area contributed by atoms with Crippen LogP contribution in [-0.4, -0.2) is 7.11 Å². The van der Waals surface area contributed by atoms with E-state index in [1.807, 2.05) is 0 Å². The van der Waals surface area contributed by atoms with Gasteiger partial charge in [-0.15, -0.1) is 0 Å². The third-order valence-corrected chi connectivity index (χ3v) is 1.83. The van der Waals surface area contributed by atoms with E-state index in [1.54, 1.807) is 18.2 Å². The number of halogens is 2. The summed E-state index contributed by atoms with van der Waals surface area (Å²) >= 11 is 3.25. The van der Waals surface area contributed by atoms with E-state index >= 15 is 0 Å². The van der Waals surface area contributed by atoms with Crippen LogP contribution < -0.4 is 0 Å². The molecule has 0 radical (unpaired) electrons. The molecule has 0 aromatic heterocycles. The second-order valence-corrected chi connectivity index (χ2v) is 3.12. The van der Waals surface area contributed by atoms with Gasteiger partial charge in [0.2, 0.25) is 0 Å². The van der Waals surface area contributed by atoms with Crippen molar-refractivity contribution in [3.63, 3.8) is 0 Å². The van der Waals surface area contributed by atoms with Crippen LogP contribution in [0.3, 0.4) is 0 Å². The lowest BCUT2D eigenvalue weighted by Gasteiger charge is -1.96. The number of benzene rings is 1. The molecule has 0 aliphatic heterocycles. The summed E-state index contributed by atoms with van der Waals surface area (Å²) in [6, 6.07) is 4.74. The summed E-state index contributed by atoms with van der Waals surface area (Å²) in [5.41, 5.74) is 0.506. The number of hydrogen-bond acceptors (Lipinski definition) is 1. The van der Waals surface area contributed by atoms with Crippen molar-refractivity contribution in [2.24, 2.45) is 0 Å². The summed E-state index contributed by atoms with van der Waals surface area (Å²) in [6.07, 6.45) is 3.00. The summed E-state index contributed by atoms with van der Waals surface area (Å²) in [6.45, 7) is 0. The Morgan fingerprint density at radius 1 is 1.50 bits per heavy atom. The minimum atomic E-state index is -0.258. The molecule has 0 fully saturated rings. The Morgan fingerprint density at radius 2 is 2.25 bits per heavy atom. The minimum absolute atomic E-state index is 0.258. The molecule has 1 aromatic rings. The van der Waals surface area contributed by atoms with Crippen molar-refractivity contribution in [1.82, 2.24) is 0 Å². The van der Waals surface area contributed by atoms with Crippen molar-refractivity contribution in [1.29, 1.82) is 0 Å². The second-order valence-electron chi connectivity index (χ2n) is 2.20. The lowest BCUT2D eigenvalue weighted by Crippen LogP contribution is -1.81. The van der Waals surface area contributed by atoms with E-state index in [0.29, 0.717) is 5.56 Å². The minimum Gasteiger partial charge on any atom is -0.504 e. The molecule has 64 valence electrons. The monoisotopic (exact) mass is 230 g/mol. The van der Waals surface area contributed by atoms with Gasteiger partial charge in [0.1, 0.15) is 5.82 Å². The molecule has 0 bridgehead atoms. The van der Waals surface area contributed by atoms with Crippen molar-refractivity contribution >= 4 is 22.0 Å². The molecule has 1 rings (SSSR count). The molecule has 12 heavy (non-hydrogen) atoms. The van der Waals surface area contributed by atoms with Crippen LogP contribution >= 0.6 is 15.9 Å². The Kier molecular flexibility index (Phi) is 3.29. The summed E-state index contributed by atoms with van der Waals surface area (Å²) in [4.78, 5) is 0. The Labute approximate surface area is 79.0 Å². The van der Waals surface area contributed by atoms with Crippen molar-refractivity contribution in [3.05, 3.63) is 40.3 Å². The number of hydrogen-bond donors (Lipinski definition) is 0. The molecular weight excluding hydrogens is 223 g/mol. The predicted octanol–water partition coefficient (Wildman–Crippen LogP) is 3.21. The van der Waals surface area contributed by atoms with Gasteiger partial charge in [-0.25, -0.2) is 4.39 Å². The van der Waals surface area contributed by atoms with Crippen LogP contribution in [0.25, 0.3) is 6.08 Å². The van der Waals surface area contributed by atoms with Gasteiger partial charge < -0.3 is 4.74 Å². The molecule has 0 atom stereocenters. The second kappa shape index (κ2) is 4.26. The number of ether oxygens (including phenoxy) is 1. The largest absolute Gasteiger partial charge is 0.504 e. The van der Waals surface area contributed by atoms with Crippen LogP contribution in [-0.2, 0) is 4.74 Å². The van der Waals surface area contributed by atoms with Crippen molar-refractivity contribution in [2.45, 2.75) is 0 Å². The molecule has 0 N–H and O–H groups in total. The first-order chi connectivity index (χ1) is 5.74. The van der Waals surface area contributed by atoms with Gasteiger partial charge >= 0.3 is 0 Å². The fraction of sp³-hybridized carbons (Fsp3) is 0.111. The topological polar surface area (TPSA) is 9.23 Å². The highest BCUT2D eigenvalue weighted by molar-refractivity contribution is 9.10. The lowest BCUT2D eigenvalue weighted by molar-refractivity contribution is 0.341. The van der Waals surface area contributed by atoms with Crippen molar-refractivity contribution in [2.75, 3.05) is 7.11 Å². The Morgan fingerprint density at radius 3 is 2.92 bits per heavy atom. The van der Waals surface area contributed by atoms with E-state index in [0.717, 1.165) is 4.47 Å². The molecule has 0 amide bonds. The summed E-state index contributed by atoms with van der Waals surface area (Å²) in [7, 11) is 1.52. The first-order valence-corrected chi connectivity index (χ1v) is 4.17. The molecular formula is C9H8BrFO. The van der Waals surface area contributed by atoms with Gasteiger partial charge in [0.25, 0.3) is 0 Å². The Hall–Kier alpha value is -0.830. The van der Waals surface area contributed by atoms with E-state index in [1.165, 1.54) is 19.4 Å².